The molecule has 0 aliphatic heterocycles. The fourth-order valence-corrected chi connectivity index (χ4v) is 3.46. The van der Waals surface area contributed by atoms with E-state index in [9.17, 15) is 9.59 Å². The minimum absolute atomic E-state index is 0.0268. The molecule has 0 unspecified atom stereocenters. The summed E-state index contributed by atoms with van der Waals surface area (Å²) in [6, 6.07) is 15.0. The second-order valence-electron chi connectivity index (χ2n) is 9.04. The third-order valence-electron chi connectivity index (χ3n) is 4.63. The van der Waals surface area contributed by atoms with Gasteiger partial charge in [-0.2, -0.15) is 0 Å². The fraction of sp³-hybridized carbons (Fsp3) is 0.375. The number of benzene rings is 2. The Bertz CT molecular complexity index is 900. The van der Waals surface area contributed by atoms with E-state index in [1.54, 1.807) is 12.1 Å². The second kappa shape index (κ2) is 9.06. The number of nitrogens with one attached hydrogen (secondary N) is 1. The van der Waals surface area contributed by atoms with E-state index in [0.717, 1.165) is 11.1 Å². The van der Waals surface area contributed by atoms with Gasteiger partial charge < -0.3 is 0 Å². The first-order chi connectivity index (χ1) is 13.4. The van der Waals surface area contributed by atoms with Crippen LogP contribution in [0.1, 0.15) is 73.4 Å². The molecule has 0 fully saturated rings. The molecule has 0 heterocycles. The molecular formula is C24H30N2O2Se. The second-order valence-corrected chi connectivity index (χ2v) is 10.7. The van der Waals surface area contributed by atoms with Gasteiger partial charge in [0.2, 0.25) is 0 Å². The van der Waals surface area contributed by atoms with Crippen LogP contribution in [0, 0.1) is 0 Å². The zero-order valence-corrected chi connectivity index (χ0v) is 20.0. The SMILES string of the molecule is C[Se]C(=NC(=O)c1ccc(C(C)(C)C)cc1)NC(=O)c1ccc(C(C)(C)C)cc1. The van der Waals surface area contributed by atoms with E-state index in [0.29, 0.717) is 15.9 Å². The van der Waals surface area contributed by atoms with Crippen LogP contribution in [-0.2, 0) is 10.8 Å². The van der Waals surface area contributed by atoms with Crippen molar-refractivity contribution in [1.29, 1.82) is 0 Å². The Morgan fingerprint density at radius 3 is 1.55 bits per heavy atom. The van der Waals surface area contributed by atoms with Crippen molar-refractivity contribution in [2.75, 3.05) is 0 Å². The quantitative estimate of drug-likeness (QED) is 0.402. The number of hydrogen-bond acceptors (Lipinski definition) is 2. The van der Waals surface area contributed by atoms with Crippen LogP contribution in [0.5, 0.6) is 0 Å². The van der Waals surface area contributed by atoms with E-state index in [1.807, 2.05) is 42.2 Å². The summed E-state index contributed by atoms with van der Waals surface area (Å²) < 4.78 is 0.423. The Morgan fingerprint density at radius 1 is 0.759 bits per heavy atom. The van der Waals surface area contributed by atoms with Crippen molar-refractivity contribution in [2.45, 2.75) is 58.2 Å². The van der Waals surface area contributed by atoms with Crippen LogP contribution >= 0.6 is 0 Å². The molecule has 0 radical (unpaired) electrons. The van der Waals surface area contributed by atoms with Gasteiger partial charge in [0.25, 0.3) is 0 Å². The molecule has 0 saturated carbocycles. The van der Waals surface area contributed by atoms with Gasteiger partial charge in [0, 0.05) is 0 Å². The number of rotatable bonds is 3. The first kappa shape index (κ1) is 23.1. The van der Waals surface area contributed by atoms with Crippen molar-refractivity contribution >= 4 is 31.5 Å². The molecule has 0 spiro atoms. The summed E-state index contributed by atoms with van der Waals surface area (Å²) in [6.07, 6.45) is 0. The summed E-state index contributed by atoms with van der Waals surface area (Å²) in [6.45, 7) is 12.8. The van der Waals surface area contributed by atoms with Gasteiger partial charge in [-0.3, -0.25) is 0 Å². The predicted molar refractivity (Wildman–Crippen MR) is 121 cm³/mol. The Morgan fingerprint density at radius 2 is 1.17 bits per heavy atom. The number of amidine groups is 1. The molecule has 0 aliphatic carbocycles. The maximum atomic E-state index is 12.6. The molecule has 1 N–H and O–H groups in total. The first-order valence-corrected chi connectivity index (χ1v) is 12.2. The number of carbonyl (C=O) groups excluding carboxylic acids is 2. The zero-order valence-electron chi connectivity index (χ0n) is 18.3. The summed E-state index contributed by atoms with van der Waals surface area (Å²) in [7, 11) is 0. The monoisotopic (exact) mass is 458 g/mol. The van der Waals surface area contributed by atoms with E-state index in [4.69, 9.17) is 0 Å². The van der Waals surface area contributed by atoms with Crippen LogP contribution in [0.25, 0.3) is 0 Å². The fourth-order valence-electron chi connectivity index (χ4n) is 2.69. The van der Waals surface area contributed by atoms with Gasteiger partial charge in [-0.1, -0.05) is 0 Å². The van der Waals surface area contributed by atoms with Crippen molar-refractivity contribution in [3.05, 3.63) is 70.8 Å². The summed E-state index contributed by atoms with van der Waals surface area (Å²) in [5, 5.41) is 2.80. The summed E-state index contributed by atoms with van der Waals surface area (Å²) in [5.41, 5.74) is 3.45. The maximum absolute atomic E-state index is 12.6. The van der Waals surface area contributed by atoms with Crippen LogP contribution in [0.3, 0.4) is 0 Å². The minimum atomic E-state index is -0.340. The number of aliphatic imine (C=N–C) groups is 1. The number of hydrogen-bond donors (Lipinski definition) is 1. The molecule has 4 nitrogen and oxygen atoms in total. The van der Waals surface area contributed by atoms with Crippen LogP contribution < -0.4 is 5.32 Å². The van der Waals surface area contributed by atoms with Crippen LogP contribution in [0.2, 0.25) is 5.82 Å². The first-order valence-electron chi connectivity index (χ1n) is 9.61. The normalized spacial score (nSPS) is 12.6. The van der Waals surface area contributed by atoms with Crippen LogP contribution in [0.4, 0.5) is 0 Å². The molecule has 0 atom stereocenters. The van der Waals surface area contributed by atoms with Gasteiger partial charge in [-0.25, -0.2) is 0 Å². The predicted octanol–water partition coefficient (Wildman–Crippen LogP) is 4.96. The number of carbonyl (C=O) groups is 2. The summed E-state index contributed by atoms with van der Waals surface area (Å²) in [5.74, 6) is 1.33. The van der Waals surface area contributed by atoms with Gasteiger partial charge in [0.15, 0.2) is 0 Å². The van der Waals surface area contributed by atoms with Crippen LogP contribution in [-0.4, -0.2) is 31.5 Å². The standard InChI is InChI=1S/C24H30N2O2Se/c1-23(2,3)18-12-8-16(9-13-18)20(27)25-22(29-7)26-21(28)17-10-14-19(15-11-17)24(4,5)6/h8-15H,1-7H3,(H,25,26,27,28). The van der Waals surface area contributed by atoms with E-state index in [1.165, 1.54) is 0 Å². The van der Waals surface area contributed by atoms with E-state index in [-0.39, 0.29) is 37.6 Å². The average molecular weight is 457 g/mol. The molecule has 0 saturated heterocycles. The molecule has 2 amide bonds. The molecule has 2 aromatic carbocycles. The zero-order chi connectivity index (χ0) is 21.8. The number of amides is 2. The van der Waals surface area contributed by atoms with E-state index < -0.39 is 0 Å². The van der Waals surface area contributed by atoms with Crippen molar-refractivity contribution in [1.82, 2.24) is 5.32 Å². The molecule has 2 aromatic rings. The van der Waals surface area contributed by atoms with Gasteiger partial charge in [-0.15, -0.1) is 0 Å². The molecule has 0 bridgehead atoms. The van der Waals surface area contributed by atoms with E-state index >= 15 is 0 Å². The topological polar surface area (TPSA) is 58.5 Å². The molecule has 154 valence electrons. The third kappa shape index (κ3) is 6.38. The average Bonchev–Trinajstić information content (AvgIpc) is 2.66. The van der Waals surface area contributed by atoms with Gasteiger partial charge in [0.05, 0.1) is 0 Å². The van der Waals surface area contributed by atoms with Gasteiger partial charge >= 0.3 is 180 Å². The Balaban J connectivity index is 2.13. The van der Waals surface area contributed by atoms with Crippen molar-refractivity contribution in [2.24, 2.45) is 4.99 Å². The van der Waals surface area contributed by atoms with Gasteiger partial charge in [0.1, 0.15) is 0 Å². The van der Waals surface area contributed by atoms with Crippen molar-refractivity contribution < 1.29 is 9.59 Å². The third-order valence-corrected chi connectivity index (χ3v) is 5.84. The van der Waals surface area contributed by atoms with Gasteiger partial charge in [-0.05, 0) is 0 Å². The van der Waals surface area contributed by atoms with Crippen LogP contribution in [0.15, 0.2) is 53.5 Å². The Labute approximate surface area is 180 Å². The molecule has 2 rings (SSSR count). The van der Waals surface area contributed by atoms with E-state index in [2.05, 4.69) is 51.9 Å². The molecule has 5 heteroatoms. The Hall–Kier alpha value is -2.23. The summed E-state index contributed by atoms with van der Waals surface area (Å²) in [4.78, 5) is 29.2. The van der Waals surface area contributed by atoms with Crippen molar-refractivity contribution in [3.63, 3.8) is 0 Å². The molecule has 29 heavy (non-hydrogen) atoms. The van der Waals surface area contributed by atoms with Crippen molar-refractivity contribution in [3.8, 4) is 0 Å². The molecule has 0 aliphatic rings. The number of nitrogens with zero attached hydrogens (tertiary/aromatic N) is 1. The summed E-state index contributed by atoms with van der Waals surface area (Å²) >= 11 is -0.123. The molecule has 0 aromatic heterocycles. The molecular weight excluding hydrogens is 427 g/mol. The Kier molecular flexibility index (Phi) is 7.20.